The van der Waals surface area contributed by atoms with Gasteiger partial charge < -0.3 is 10.1 Å². The van der Waals surface area contributed by atoms with Crippen LogP contribution in [-0.2, 0) is 4.79 Å². The normalized spacial score (nSPS) is 20.5. The second-order valence-electron chi connectivity index (χ2n) is 3.08. The van der Waals surface area contributed by atoms with Crippen molar-refractivity contribution in [1.82, 2.24) is 5.32 Å². The molecule has 1 saturated carbocycles. The van der Waals surface area contributed by atoms with Crippen molar-refractivity contribution in [3.8, 4) is 0 Å². The number of carbonyl (C=O) groups excluding carboxylic acids is 1. The molecule has 1 fully saturated rings. The van der Waals surface area contributed by atoms with E-state index in [1.807, 2.05) is 0 Å². The van der Waals surface area contributed by atoms with Crippen LogP contribution in [-0.4, -0.2) is 18.4 Å². The van der Waals surface area contributed by atoms with Crippen LogP contribution >= 0.6 is 0 Å². The van der Waals surface area contributed by atoms with E-state index < -0.39 is 0 Å². The lowest BCUT2D eigenvalue weighted by Crippen LogP contribution is -2.32. The van der Waals surface area contributed by atoms with Crippen molar-refractivity contribution in [2.24, 2.45) is 0 Å². The van der Waals surface area contributed by atoms with Gasteiger partial charge in [0, 0.05) is 12.0 Å². The number of nitrogens with one attached hydrogen (secondary N) is 1. The summed E-state index contributed by atoms with van der Waals surface area (Å²) in [5, 5.41) is 3.39. The molecule has 0 radical (unpaired) electrons. The number of hydrogen-bond donors (Lipinski definition) is 1. The summed E-state index contributed by atoms with van der Waals surface area (Å²) < 4.78 is 0. The molecular formula is C8H15NO. The quantitative estimate of drug-likeness (QED) is 0.581. The zero-order valence-corrected chi connectivity index (χ0v) is 6.52. The van der Waals surface area contributed by atoms with E-state index in [1.165, 1.54) is 12.8 Å². The van der Waals surface area contributed by atoms with Gasteiger partial charge in [-0.05, 0) is 25.8 Å². The summed E-state index contributed by atoms with van der Waals surface area (Å²) in [6.07, 6.45) is 5.25. The summed E-state index contributed by atoms with van der Waals surface area (Å²) >= 11 is 0. The van der Waals surface area contributed by atoms with Crippen LogP contribution in [0, 0.1) is 0 Å². The van der Waals surface area contributed by atoms with Gasteiger partial charge in [-0.1, -0.05) is 6.92 Å². The largest absolute Gasteiger partial charge is 0.311 e. The highest BCUT2D eigenvalue weighted by molar-refractivity contribution is 5.53. The molecule has 0 amide bonds. The Morgan fingerprint density at radius 2 is 2.30 bits per heavy atom. The van der Waals surface area contributed by atoms with Gasteiger partial charge in [0.15, 0.2) is 0 Å². The van der Waals surface area contributed by atoms with Crippen LogP contribution in [0.25, 0.3) is 0 Å². The molecule has 10 heavy (non-hydrogen) atoms. The smallest absolute Gasteiger partial charge is 0.121 e. The topological polar surface area (TPSA) is 29.1 Å². The summed E-state index contributed by atoms with van der Waals surface area (Å²) in [6.45, 7) is 3.19. The monoisotopic (exact) mass is 141 g/mol. The summed E-state index contributed by atoms with van der Waals surface area (Å²) in [5.41, 5.74) is 0.234. The van der Waals surface area contributed by atoms with Gasteiger partial charge >= 0.3 is 0 Å². The zero-order chi connectivity index (χ0) is 7.45. The van der Waals surface area contributed by atoms with Gasteiger partial charge in [-0.3, -0.25) is 0 Å². The molecule has 0 heterocycles. The summed E-state index contributed by atoms with van der Waals surface area (Å²) in [5.74, 6) is 0. The lowest BCUT2D eigenvalue weighted by atomic mass is 10.2. The molecule has 1 aliphatic rings. The Morgan fingerprint density at radius 3 is 2.70 bits per heavy atom. The molecule has 1 N–H and O–H groups in total. The van der Waals surface area contributed by atoms with Crippen molar-refractivity contribution in [3.05, 3.63) is 0 Å². The molecule has 2 nitrogen and oxygen atoms in total. The first-order chi connectivity index (χ1) is 4.83. The lowest BCUT2D eigenvalue weighted by molar-refractivity contribution is -0.108. The first-order valence-corrected chi connectivity index (χ1v) is 4.02. The molecular weight excluding hydrogens is 126 g/mol. The molecule has 58 valence electrons. The van der Waals surface area contributed by atoms with Crippen molar-refractivity contribution in [2.45, 2.75) is 38.1 Å². The third-order valence-corrected chi connectivity index (χ3v) is 2.08. The van der Waals surface area contributed by atoms with Crippen molar-refractivity contribution in [1.29, 1.82) is 0 Å². The van der Waals surface area contributed by atoms with Crippen molar-refractivity contribution in [3.63, 3.8) is 0 Å². The number of carbonyl (C=O) groups is 1. The van der Waals surface area contributed by atoms with Crippen molar-refractivity contribution in [2.75, 3.05) is 6.54 Å². The van der Waals surface area contributed by atoms with E-state index in [0.29, 0.717) is 6.42 Å². The summed E-state index contributed by atoms with van der Waals surface area (Å²) in [7, 11) is 0. The standard InChI is InChI=1S/C8H15NO/c1-2-6-9-8(3-4-8)5-7-10/h7,9H,2-6H2,1H3. The predicted molar refractivity (Wildman–Crippen MR) is 40.9 cm³/mol. The highest BCUT2D eigenvalue weighted by Gasteiger charge is 2.40. The Balaban J connectivity index is 2.16. The predicted octanol–water partition coefficient (Wildman–Crippen LogP) is 1.11. The van der Waals surface area contributed by atoms with Crippen LogP contribution in [0.2, 0.25) is 0 Å². The fraction of sp³-hybridized carbons (Fsp3) is 0.875. The van der Waals surface area contributed by atoms with E-state index in [0.717, 1.165) is 19.3 Å². The van der Waals surface area contributed by atoms with Crippen LogP contribution in [0.5, 0.6) is 0 Å². The summed E-state index contributed by atoms with van der Waals surface area (Å²) in [4.78, 5) is 10.2. The Morgan fingerprint density at radius 1 is 1.60 bits per heavy atom. The highest BCUT2D eigenvalue weighted by Crippen LogP contribution is 2.37. The maximum Gasteiger partial charge on any atom is 0.121 e. The van der Waals surface area contributed by atoms with E-state index in [9.17, 15) is 4.79 Å². The molecule has 0 spiro atoms. The van der Waals surface area contributed by atoms with Crippen LogP contribution in [0.1, 0.15) is 32.6 Å². The van der Waals surface area contributed by atoms with E-state index in [4.69, 9.17) is 0 Å². The minimum Gasteiger partial charge on any atom is -0.311 e. The lowest BCUT2D eigenvalue weighted by Gasteiger charge is -2.12. The van der Waals surface area contributed by atoms with Crippen molar-refractivity contribution < 1.29 is 4.79 Å². The Hall–Kier alpha value is -0.370. The van der Waals surface area contributed by atoms with Crippen LogP contribution in [0.15, 0.2) is 0 Å². The fourth-order valence-electron chi connectivity index (χ4n) is 1.15. The molecule has 0 atom stereocenters. The second kappa shape index (κ2) is 3.15. The molecule has 0 aliphatic heterocycles. The van der Waals surface area contributed by atoms with E-state index in [1.54, 1.807) is 0 Å². The number of aldehydes is 1. The molecule has 0 unspecified atom stereocenters. The maximum atomic E-state index is 10.2. The minimum absolute atomic E-state index is 0.234. The van der Waals surface area contributed by atoms with Gasteiger partial charge in [0.2, 0.25) is 0 Å². The molecule has 0 saturated heterocycles. The van der Waals surface area contributed by atoms with Gasteiger partial charge in [-0.15, -0.1) is 0 Å². The zero-order valence-electron chi connectivity index (χ0n) is 6.52. The second-order valence-corrected chi connectivity index (χ2v) is 3.08. The maximum absolute atomic E-state index is 10.2. The molecule has 0 bridgehead atoms. The minimum atomic E-state index is 0.234. The van der Waals surface area contributed by atoms with Gasteiger partial charge in [0.25, 0.3) is 0 Å². The number of hydrogen-bond acceptors (Lipinski definition) is 2. The summed E-state index contributed by atoms with van der Waals surface area (Å²) in [6, 6.07) is 0. The average molecular weight is 141 g/mol. The Kier molecular flexibility index (Phi) is 2.44. The first-order valence-electron chi connectivity index (χ1n) is 4.02. The molecule has 0 aromatic carbocycles. The molecule has 1 rings (SSSR count). The fourth-order valence-corrected chi connectivity index (χ4v) is 1.15. The Bertz CT molecular complexity index is 118. The van der Waals surface area contributed by atoms with Gasteiger partial charge in [0.05, 0.1) is 0 Å². The van der Waals surface area contributed by atoms with Crippen LogP contribution in [0.3, 0.4) is 0 Å². The van der Waals surface area contributed by atoms with Crippen LogP contribution < -0.4 is 5.32 Å². The average Bonchev–Trinajstić information content (AvgIpc) is 2.67. The van der Waals surface area contributed by atoms with E-state index >= 15 is 0 Å². The molecule has 2 heteroatoms. The molecule has 0 aromatic heterocycles. The Labute approximate surface area is 62.0 Å². The first kappa shape index (κ1) is 7.73. The van der Waals surface area contributed by atoms with Gasteiger partial charge in [0.1, 0.15) is 6.29 Å². The molecule has 1 aliphatic carbocycles. The van der Waals surface area contributed by atoms with Gasteiger partial charge in [-0.2, -0.15) is 0 Å². The van der Waals surface area contributed by atoms with Crippen molar-refractivity contribution >= 4 is 6.29 Å². The highest BCUT2D eigenvalue weighted by atomic mass is 16.1. The molecule has 0 aromatic rings. The number of rotatable bonds is 5. The van der Waals surface area contributed by atoms with E-state index in [-0.39, 0.29) is 5.54 Å². The third-order valence-electron chi connectivity index (χ3n) is 2.08. The van der Waals surface area contributed by atoms with Gasteiger partial charge in [-0.25, -0.2) is 0 Å². The third kappa shape index (κ3) is 1.81. The van der Waals surface area contributed by atoms with Crippen LogP contribution in [0.4, 0.5) is 0 Å². The van der Waals surface area contributed by atoms with E-state index in [2.05, 4.69) is 12.2 Å². The SMILES string of the molecule is CCCNC1(CC=O)CC1.